The maximum absolute atomic E-state index is 6.09. The largest absolute Gasteiger partial charge is 0.323 e. The zero-order valence-corrected chi connectivity index (χ0v) is 11.2. The van der Waals surface area contributed by atoms with E-state index in [-0.39, 0.29) is 5.54 Å². The summed E-state index contributed by atoms with van der Waals surface area (Å²) >= 11 is 9.61. The summed E-state index contributed by atoms with van der Waals surface area (Å²) < 4.78 is 2.30. The molecule has 0 unspecified atom stereocenters. The van der Waals surface area contributed by atoms with Crippen LogP contribution in [0.25, 0.3) is 11.0 Å². The summed E-state index contributed by atoms with van der Waals surface area (Å²) in [6.07, 6.45) is 3.95. The number of hydrogen-bond acceptors (Lipinski definition) is 2. The Labute approximate surface area is 107 Å². The van der Waals surface area contributed by atoms with Gasteiger partial charge >= 0.3 is 0 Å². The van der Waals surface area contributed by atoms with Crippen molar-refractivity contribution < 1.29 is 0 Å². The van der Waals surface area contributed by atoms with Gasteiger partial charge in [0.25, 0.3) is 0 Å². The molecule has 2 heterocycles. The molecule has 84 valence electrons. The molecule has 5 heteroatoms. The van der Waals surface area contributed by atoms with Crippen LogP contribution < -0.4 is 0 Å². The minimum absolute atomic E-state index is 0.225. The first-order valence-corrected chi connectivity index (χ1v) is 6.73. The molecule has 1 saturated carbocycles. The van der Waals surface area contributed by atoms with Crippen LogP contribution in [0.5, 0.6) is 0 Å². The number of nitrogens with zero attached hydrogens (tertiary/aromatic N) is 3. The molecule has 3 nitrogen and oxygen atoms in total. The highest BCUT2D eigenvalue weighted by atomic mass is 79.9. The van der Waals surface area contributed by atoms with E-state index in [0.717, 1.165) is 16.4 Å². The van der Waals surface area contributed by atoms with Crippen molar-refractivity contribution in [2.24, 2.45) is 0 Å². The maximum atomic E-state index is 6.09. The predicted molar refractivity (Wildman–Crippen MR) is 68.1 cm³/mol. The zero-order valence-electron chi connectivity index (χ0n) is 8.87. The van der Waals surface area contributed by atoms with E-state index in [1.54, 1.807) is 0 Å². The molecule has 1 aliphatic carbocycles. The van der Waals surface area contributed by atoms with Crippen LogP contribution in [0.4, 0.5) is 0 Å². The standard InChI is InChI=1S/C11H11BrClN3/c1-11(2-3-11)16-7(5-12)4-8-9(13)14-6-15-10(8)16/h4,6H,2-3,5H2,1H3. The van der Waals surface area contributed by atoms with Crippen LogP contribution in [0.2, 0.25) is 5.15 Å². The summed E-state index contributed by atoms with van der Waals surface area (Å²) in [5.41, 5.74) is 2.40. The lowest BCUT2D eigenvalue weighted by Gasteiger charge is -2.15. The van der Waals surface area contributed by atoms with Crippen molar-refractivity contribution in [2.75, 3.05) is 0 Å². The van der Waals surface area contributed by atoms with Gasteiger partial charge in [0.1, 0.15) is 17.1 Å². The van der Waals surface area contributed by atoms with E-state index in [0.29, 0.717) is 5.15 Å². The van der Waals surface area contributed by atoms with Crippen molar-refractivity contribution in [3.05, 3.63) is 23.2 Å². The van der Waals surface area contributed by atoms with Crippen LogP contribution >= 0.6 is 27.5 Å². The molecule has 2 aromatic rings. The maximum Gasteiger partial charge on any atom is 0.145 e. The van der Waals surface area contributed by atoms with Crippen LogP contribution in [-0.2, 0) is 10.9 Å². The average Bonchev–Trinajstić information content (AvgIpc) is 2.89. The molecule has 0 radical (unpaired) electrons. The molecule has 0 aromatic carbocycles. The molecular weight excluding hydrogens is 289 g/mol. The van der Waals surface area contributed by atoms with Gasteiger partial charge in [-0.3, -0.25) is 0 Å². The van der Waals surface area contributed by atoms with Gasteiger partial charge < -0.3 is 4.57 Å². The molecule has 0 amide bonds. The van der Waals surface area contributed by atoms with Gasteiger partial charge in [-0.2, -0.15) is 0 Å². The number of alkyl halides is 1. The molecule has 3 rings (SSSR count). The molecular formula is C11H11BrClN3. The molecule has 0 spiro atoms. The highest BCUT2D eigenvalue weighted by Crippen LogP contribution is 2.46. The van der Waals surface area contributed by atoms with E-state index in [1.165, 1.54) is 24.9 Å². The Kier molecular flexibility index (Phi) is 2.27. The van der Waals surface area contributed by atoms with Crippen LogP contribution in [0, 0.1) is 0 Å². The summed E-state index contributed by atoms with van der Waals surface area (Å²) in [5.74, 6) is 0. The fraction of sp³-hybridized carbons (Fsp3) is 0.455. The quantitative estimate of drug-likeness (QED) is 0.628. The van der Waals surface area contributed by atoms with Crippen LogP contribution in [-0.4, -0.2) is 14.5 Å². The predicted octanol–water partition coefficient (Wildman–Crippen LogP) is 3.49. The lowest BCUT2D eigenvalue weighted by atomic mass is 10.3. The topological polar surface area (TPSA) is 30.7 Å². The zero-order chi connectivity index (χ0) is 11.3. The van der Waals surface area contributed by atoms with Gasteiger partial charge in [0.05, 0.1) is 5.39 Å². The van der Waals surface area contributed by atoms with E-state index in [1.807, 2.05) is 0 Å². The second-order valence-corrected chi connectivity index (χ2v) is 5.42. The lowest BCUT2D eigenvalue weighted by molar-refractivity contribution is 0.535. The lowest BCUT2D eigenvalue weighted by Crippen LogP contribution is -2.15. The fourth-order valence-corrected chi connectivity index (χ4v) is 2.74. The first kappa shape index (κ1) is 10.5. The highest BCUT2D eigenvalue weighted by molar-refractivity contribution is 9.08. The molecule has 0 aliphatic heterocycles. The third-order valence-corrected chi connectivity index (χ3v) is 4.15. The summed E-state index contributed by atoms with van der Waals surface area (Å²) in [6.45, 7) is 2.26. The van der Waals surface area contributed by atoms with Crippen LogP contribution in [0.3, 0.4) is 0 Å². The molecule has 2 aromatic heterocycles. The summed E-state index contributed by atoms with van der Waals surface area (Å²) in [4.78, 5) is 8.39. The monoisotopic (exact) mass is 299 g/mol. The average molecular weight is 301 g/mol. The van der Waals surface area contributed by atoms with E-state index >= 15 is 0 Å². The van der Waals surface area contributed by atoms with Gasteiger partial charge in [-0.1, -0.05) is 27.5 Å². The normalized spacial score (nSPS) is 17.9. The third kappa shape index (κ3) is 1.39. The van der Waals surface area contributed by atoms with Crippen LogP contribution in [0.1, 0.15) is 25.5 Å². The number of fused-ring (bicyclic) bond motifs is 1. The minimum Gasteiger partial charge on any atom is -0.323 e. The second kappa shape index (κ2) is 3.44. The molecule has 0 bridgehead atoms. The number of aromatic nitrogens is 3. The van der Waals surface area contributed by atoms with Crippen molar-refractivity contribution in [3.63, 3.8) is 0 Å². The van der Waals surface area contributed by atoms with Crippen molar-refractivity contribution >= 4 is 38.6 Å². The number of halogens is 2. The molecule has 0 atom stereocenters. The van der Waals surface area contributed by atoms with Crippen molar-refractivity contribution in [1.82, 2.24) is 14.5 Å². The molecule has 1 fully saturated rings. The Balaban J connectivity index is 2.36. The second-order valence-electron chi connectivity index (χ2n) is 4.50. The molecule has 0 N–H and O–H groups in total. The Morgan fingerprint density at radius 3 is 2.88 bits per heavy atom. The van der Waals surface area contributed by atoms with E-state index in [9.17, 15) is 0 Å². The van der Waals surface area contributed by atoms with E-state index < -0.39 is 0 Å². The summed E-state index contributed by atoms with van der Waals surface area (Å²) in [7, 11) is 0. The molecule has 1 aliphatic rings. The van der Waals surface area contributed by atoms with E-state index in [2.05, 4.69) is 43.5 Å². The Morgan fingerprint density at radius 2 is 2.25 bits per heavy atom. The first-order valence-electron chi connectivity index (χ1n) is 5.23. The van der Waals surface area contributed by atoms with Gasteiger partial charge in [0, 0.05) is 16.6 Å². The number of rotatable bonds is 2. The highest BCUT2D eigenvalue weighted by Gasteiger charge is 2.41. The molecule has 0 saturated heterocycles. The van der Waals surface area contributed by atoms with Gasteiger partial charge in [-0.15, -0.1) is 0 Å². The Bertz CT molecular complexity index is 560. The Morgan fingerprint density at radius 1 is 1.50 bits per heavy atom. The molecule has 16 heavy (non-hydrogen) atoms. The minimum atomic E-state index is 0.225. The van der Waals surface area contributed by atoms with Gasteiger partial charge in [-0.25, -0.2) is 9.97 Å². The fourth-order valence-electron chi connectivity index (χ4n) is 2.14. The van der Waals surface area contributed by atoms with Gasteiger partial charge in [0.2, 0.25) is 0 Å². The van der Waals surface area contributed by atoms with Gasteiger partial charge in [0.15, 0.2) is 0 Å². The van der Waals surface area contributed by atoms with E-state index in [4.69, 9.17) is 11.6 Å². The summed E-state index contributed by atoms with van der Waals surface area (Å²) in [6, 6.07) is 2.08. The van der Waals surface area contributed by atoms with Gasteiger partial charge in [-0.05, 0) is 25.8 Å². The number of hydrogen-bond donors (Lipinski definition) is 0. The van der Waals surface area contributed by atoms with Crippen LogP contribution in [0.15, 0.2) is 12.4 Å². The third-order valence-electron chi connectivity index (χ3n) is 3.27. The smallest absolute Gasteiger partial charge is 0.145 e. The summed E-state index contributed by atoms with van der Waals surface area (Å²) in [5, 5.41) is 2.30. The Hall–Kier alpha value is -0.610. The first-order chi connectivity index (χ1) is 7.65. The van der Waals surface area contributed by atoms with Crippen molar-refractivity contribution in [3.8, 4) is 0 Å². The SMILES string of the molecule is CC1(n2c(CBr)cc3c(Cl)ncnc32)CC1. The van der Waals surface area contributed by atoms with Crippen molar-refractivity contribution in [2.45, 2.75) is 30.6 Å². The van der Waals surface area contributed by atoms with Crippen molar-refractivity contribution in [1.29, 1.82) is 0 Å².